The molecule has 1 aliphatic carbocycles. The lowest BCUT2D eigenvalue weighted by Crippen LogP contribution is -2.68. The lowest BCUT2D eigenvalue weighted by atomic mass is 9.85. The molecule has 0 bridgehead atoms. The minimum atomic E-state index is -0.808. The van der Waals surface area contributed by atoms with Crippen molar-refractivity contribution in [1.82, 2.24) is 15.1 Å². The van der Waals surface area contributed by atoms with Gasteiger partial charge in [-0.05, 0) is 37.1 Å². The zero-order valence-corrected chi connectivity index (χ0v) is 19.9. The van der Waals surface area contributed by atoms with Crippen LogP contribution in [0, 0.1) is 0 Å². The van der Waals surface area contributed by atoms with Crippen LogP contribution in [0.3, 0.4) is 0 Å². The molecule has 35 heavy (non-hydrogen) atoms. The second kappa shape index (κ2) is 10.4. The Kier molecular flexibility index (Phi) is 6.88. The third-order valence-electron chi connectivity index (χ3n) is 7.43. The summed E-state index contributed by atoms with van der Waals surface area (Å²) in [6.45, 7) is 2.69. The Balaban J connectivity index is 1.28. The van der Waals surface area contributed by atoms with E-state index in [9.17, 15) is 14.4 Å². The number of urea groups is 1. The molecule has 0 unspecified atom stereocenters. The molecular weight excluding hydrogens is 442 g/mol. The van der Waals surface area contributed by atoms with Gasteiger partial charge in [-0.15, -0.1) is 0 Å². The molecule has 184 valence electrons. The quantitative estimate of drug-likeness (QED) is 0.712. The van der Waals surface area contributed by atoms with Gasteiger partial charge in [0.25, 0.3) is 0 Å². The molecule has 2 aliphatic heterocycles. The minimum Gasteiger partial charge on any atom is -0.368 e. The number of hydrogen-bond donors (Lipinski definition) is 2. The summed E-state index contributed by atoms with van der Waals surface area (Å²) in [5.74, 6) is -0.308. The van der Waals surface area contributed by atoms with Crippen molar-refractivity contribution in [2.75, 3.05) is 36.4 Å². The smallest absolute Gasteiger partial charge is 0.322 e. The van der Waals surface area contributed by atoms with E-state index >= 15 is 0 Å². The van der Waals surface area contributed by atoms with Gasteiger partial charge in [0.15, 0.2) is 0 Å². The van der Waals surface area contributed by atoms with E-state index in [4.69, 9.17) is 0 Å². The predicted octanol–water partition coefficient (Wildman–Crippen LogP) is 3.07. The number of carbonyl (C=O) groups is 3. The summed E-state index contributed by atoms with van der Waals surface area (Å²) in [5.41, 5.74) is 1.83. The van der Waals surface area contributed by atoms with Crippen LogP contribution < -0.4 is 15.5 Å². The molecule has 2 aromatic carbocycles. The normalized spacial score (nSPS) is 24.4. The van der Waals surface area contributed by atoms with Crippen molar-refractivity contribution in [2.24, 2.45) is 0 Å². The first kappa shape index (κ1) is 23.2. The largest absolute Gasteiger partial charge is 0.368 e. The number of rotatable bonds is 4. The Morgan fingerprint density at radius 2 is 1.54 bits per heavy atom. The van der Waals surface area contributed by atoms with Crippen LogP contribution in [0.2, 0.25) is 0 Å². The maximum Gasteiger partial charge on any atom is 0.322 e. The van der Waals surface area contributed by atoms with Gasteiger partial charge in [-0.25, -0.2) is 4.79 Å². The van der Waals surface area contributed by atoms with Gasteiger partial charge in [-0.2, -0.15) is 0 Å². The molecule has 2 N–H and O–H groups in total. The van der Waals surface area contributed by atoms with Gasteiger partial charge in [0.1, 0.15) is 6.04 Å². The Labute approximate surface area is 206 Å². The summed E-state index contributed by atoms with van der Waals surface area (Å²) in [4.78, 5) is 45.7. The van der Waals surface area contributed by atoms with Crippen LogP contribution in [-0.2, 0) is 9.59 Å². The molecule has 1 saturated carbocycles. The summed E-state index contributed by atoms with van der Waals surface area (Å²) in [7, 11) is 0. The fourth-order valence-corrected chi connectivity index (χ4v) is 5.59. The van der Waals surface area contributed by atoms with Crippen molar-refractivity contribution in [3.8, 4) is 0 Å². The van der Waals surface area contributed by atoms with Gasteiger partial charge in [-0.3, -0.25) is 9.59 Å². The van der Waals surface area contributed by atoms with E-state index in [1.54, 1.807) is 4.90 Å². The van der Waals surface area contributed by atoms with E-state index < -0.39 is 6.04 Å². The highest BCUT2D eigenvalue weighted by atomic mass is 16.2. The van der Waals surface area contributed by atoms with Gasteiger partial charge in [0.05, 0.1) is 12.5 Å². The second-order valence-electron chi connectivity index (χ2n) is 9.59. The van der Waals surface area contributed by atoms with E-state index in [1.807, 2.05) is 53.4 Å². The Morgan fingerprint density at radius 3 is 2.26 bits per heavy atom. The zero-order valence-electron chi connectivity index (χ0n) is 19.9. The number of carbonyl (C=O) groups excluding carboxylic acids is 3. The van der Waals surface area contributed by atoms with Gasteiger partial charge >= 0.3 is 6.03 Å². The van der Waals surface area contributed by atoms with Gasteiger partial charge in [0.2, 0.25) is 11.8 Å². The maximum absolute atomic E-state index is 13.4. The summed E-state index contributed by atoms with van der Waals surface area (Å²) in [5, 5.41) is 6.06. The maximum atomic E-state index is 13.4. The van der Waals surface area contributed by atoms with Crippen molar-refractivity contribution in [3.63, 3.8) is 0 Å². The second-order valence-corrected chi connectivity index (χ2v) is 9.59. The average Bonchev–Trinajstić information content (AvgIpc) is 2.90. The van der Waals surface area contributed by atoms with Crippen LogP contribution in [0.4, 0.5) is 16.2 Å². The molecule has 2 heterocycles. The number of nitrogens with zero attached hydrogens (tertiary/aromatic N) is 3. The van der Waals surface area contributed by atoms with Crippen LogP contribution in [-0.4, -0.2) is 71.9 Å². The number of benzene rings is 2. The molecular formula is C27H33N5O3. The zero-order chi connectivity index (χ0) is 24.2. The van der Waals surface area contributed by atoms with E-state index in [0.717, 1.165) is 44.5 Å². The molecule has 0 aromatic heterocycles. The fourth-order valence-electron chi connectivity index (χ4n) is 5.59. The highest BCUT2D eigenvalue weighted by Crippen LogP contribution is 2.30. The van der Waals surface area contributed by atoms with E-state index in [0.29, 0.717) is 18.8 Å². The summed E-state index contributed by atoms with van der Waals surface area (Å²) >= 11 is 0. The molecule has 8 heteroatoms. The molecule has 3 fully saturated rings. The lowest BCUT2D eigenvalue weighted by Gasteiger charge is -2.48. The highest BCUT2D eigenvalue weighted by Gasteiger charge is 2.46. The number of anilines is 2. The van der Waals surface area contributed by atoms with Crippen LogP contribution in [0.1, 0.15) is 32.1 Å². The third-order valence-corrected chi connectivity index (χ3v) is 7.43. The van der Waals surface area contributed by atoms with E-state index in [-0.39, 0.29) is 36.3 Å². The average molecular weight is 476 g/mol. The summed E-state index contributed by atoms with van der Waals surface area (Å²) in [6.07, 6.45) is 3.73. The first-order chi connectivity index (χ1) is 17.1. The van der Waals surface area contributed by atoms with Gasteiger partial charge in [0, 0.05) is 43.6 Å². The van der Waals surface area contributed by atoms with Crippen molar-refractivity contribution in [1.29, 1.82) is 0 Å². The van der Waals surface area contributed by atoms with E-state index in [1.165, 1.54) is 0 Å². The number of nitrogens with one attached hydrogen (secondary N) is 2. The summed E-state index contributed by atoms with van der Waals surface area (Å²) < 4.78 is 0. The van der Waals surface area contributed by atoms with Crippen molar-refractivity contribution >= 4 is 29.2 Å². The Bertz CT molecular complexity index is 1040. The monoisotopic (exact) mass is 475 g/mol. The van der Waals surface area contributed by atoms with Crippen LogP contribution in [0.25, 0.3) is 0 Å². The van der Waals surface area contributed by atoms with Crippen molar-refractivity contribution in [3.05, 3.63) is 60.7 Å². The molecule has 5 rings (SSSR count). The first-order valence-corrected chi connectivity index (χ1v) is 12.6. The molecule has 3 aliphatic rings. The molecule has 2 saturated heterocycles. The van der Waals surface area contributed by atoms with Crippen molar-refractivity contribution in [2.45, 2.75) is 50.2 Å². The number of para-hydroxylation sites is 2. The van der Waals surface area contributed by atoms with Gasteiger partial charge in [-0.1, -0.05) is 49.2 Å². The molecule has 3 atom stereocenters. The van der Waals surface area contributed by atoms with Crippen molar-refractivity contribution < 1.29 is 14.4 Å². The molecule has 4 amide bonds. The number of hydrogen-bond acceptors (Lipinski definition) is 4. The first-order valence-electron chi connectivity index (χ1n) is 12.6. The highest BCUT2D eigenvalue weighted by molar-refractivity contribution is 5.97. The van der Waals surface area contributed by atoms with Crippen LogP contribution >= 0.6 is 0 Å². The number of piperazine rings is 2. The topological polar surface area (TPSA) is 85.0 Å². The van der Waals surface area contributed by atoms with Crippen LogP contribution in [0.5, 0.6) is 0 Å². The number of fused-ring (bicyclic) bond motifs is 1. The molecule has 0 spiro atoms. The standard InChI is InChI=1S/C27H33N5O3/c33-25(31-17-15-30(16-18-31)21-11-5-2-6-12-21)19-24-26(34)29-22-13-7-8-14-23(22)32(24)27(35)28-20-9-3-1-4-10-20/h1-6,9-12,22-24H,7-8,13-19H2,(H,28,35)(H,29,34)/t22-,23-,24+/m1/s1. The van der Waals surface area contributed by atoms with Crippen LogP contribution in [0.15, 0.2) is 60.7 Å². The molecule has 2 aromatic rings. The minimum absolute atomic E-state index is 0.00258. The lowest BCUT2D eigenvalue weighted by molar-refractivity contribution is -0.140. The van der Waals surface area contributed by atoms with E-state index in [2.05, 4.69) is 27.7 Å². The predicted molar refractivity (Wildman–Crippen MR) is 135 cm³/mol. The Hall–Kier alpha value is -3.55. The number of amides is 4. The third kappa shape index (κ3) is 5.11. The molecule has 8 nitrogen and oxygen atoms in total. The molecule has 0 radical (unpaired) electrons. The Morgan fingerprint density at radius 1 is 0.886 bits per heavy atom. The fraction of sp³-hybridized carbons (Fsp3) is 0.444. The van der Waals surface area contributed by atoms with Gasteiger partial charge < -0.3 is 25.3 Å². The SMILES string of the molecule is O=C1N[C@@H]2CCCC[C@H]2N(C(=O)Nc2ccccc2)[C@H]1CC(=O)N1CCN(c2ccccc2)CC1. The summed E-state index contributed by atoms with van der Waals surface area (Å²) in [6, 6.07) is 18.2.